The van der Waals surface area contributed by atoms with Gasteiger partial charge in [-0.05, 0) is 24.5 Å². The first-order valence-corrected chi connectivity index (χ1v) is 7.97. The molecule has 114 valence electrons. The van der Waals surface area contributed by atoms with Gasteiger partial charge in [0.2, 0.25) is 10.0 Å². The van der Waals surface area contributed by atoms with E-state index in [9.17, 15) is 8.42 Å². The first-order chi connectivity index (χ1) is 9.44. The summed E-state index contributed by atoms with van der Waals surface area (Å²) in [5, 5.41) is 8.92. The standard InChI is InChI=1S/C13H22N2O4S/c1-3-10(6-7-16)9-15-20(17,18)13-5-4-11(14)8-12(13)19-2/h4-5,8,10,15-16H,3,6-7,9,14H2,1-2H3. The lowest BCUT2D eigenvalue weighted by Crippen LogP contribution is -2.30. The van der Waals surface area contributed by atoms with Crippen molar-refractivity contribution in [1.29, 1.82) is 0 Å². The fraction of sp³-hybridized carbons (Fsp3) is 0.538. The molecule has 0 radical (unpaired) electrons. The van der Waals surface area contributed by atoms with Crippen molar-refractivity contribution in [2.75, 3.05) is 26.0 Å². The number of nitrogens with one attached hydrogen (secondary N) is 1. The zero-order valence-corrected chi connectivity index (χ0v) is 12.6. The van der Waals surface area contributed by atoms with Crippen LogP contribution in [0.1, 0.15) is 19.8 Å². The molecule has 0 fully saturated rings. The predicted octanol–water partition coefficient (Wildman–Crippen LogP) is 0.964. The molecule has 0 saturated carbocycles. The van der Waals surface area contributed by atoms with E-state index in [-0.39, 0.29) is 29.7 Å². The molecular formula is C13H22N2O4S. The van der Waals surface area contributed by atoms with Gasteiger partial charge in [0.15, 0.2) is 0 Å². The summed E-state index contributed by atoms with van der Waals surface area (Å²) in [6.45, 7) is 2.29. The maximum absolute atomic E-state index is 12.3. The molecule has 0 bridgehead atoms. The van der Waals surface area contributed by atoms with Gasteiger partial charge in [-0.3, -0.25) is 0 Å². The minimum absolute atomic E-state index is 0.0470. The van der Waals surface area contributed by atoms with Crippen molar-refractivity contribution in [2.24, 2.45) is 5.92 Å². The monoisotopic (exact) mass is 302 g/mol. The molecule has 1 unspecified atom stereocenters. The Morgan fingerprint density at radius 2 is 2.15 bits per heavy atom. The molecule has 0 heterocycles. The van der Waals surface area contributed by atoms with Crippen molar-refractivity contribution >= 4 is 15.7 Å². The number of nitrogens with two attached hydrogens (primary N) is 1. The van der Waals surface area contributed by atoms with Crippen LogP contribution >= 0.6 is 0 Å². The Hall–Kier alpha value is -1.31. The number of hydrogen-bond acceptors (Lipinski definition) is 5. The Balaban J connectivity index is 2.88. The van der Waals surface area contributed by atoms with Crippen LogP contribution in [-0.2, 0) is 10.0 Å². The number of rotatable bonds is 8. The summed E-state index contributed by atoms with van der Waals surface area (Å²) in [5.41, 5.74) is 6.04. The molecular weight excluding hydrogens is 280 g/mol. The number of anilines is 1. The first-order valence-electron chi connectivity index (χ1n) is 6.48. The average Bonchev–Trinajstić information content (AvgIpc) is 2.42. The third-order valence-electron chi connectivity index (χ3n) is 3.15. The number of aliphatic hydroxyl groups excluding tert-OH is 1. The molecule has 0 spiro atoms. The van der Waals surface area contributed by atoms with Gasteiger partial charge in [0.1, 0.15) is 10.6 Å². The Bertz CT molecular complexity index is 531. The second-order valence-corrected chi connectivity index (χ2v) is 6.28. The quantitative estimate of drug-likeness (QED) is 0.621. The van der Waals surface area contributed by atoms with Crippen molar-refractivity contribution in [2.45, 2.75) is 24.7 Å². The molecule has 0 aliphatic rings. The topological polar surface area (TPSA) is 102 Å². The lowest BCUT2D eigenvalue weighted by Gasteiger charge is -2.16. The summed E-state index contributed by atoms with van der Waals surface area (Å²) in [7, 11) is -2.26. The molecule has 4 N–H and O–H groups in total. The van der Waals surface area contributed by atoms with Gasteiger partial charge in [-0.1, -0.05) is 13.3 Å². The smallest absolute Gasteiger partial charge is 0.244 e. The molecule has 7 heteroatoms. The van der Waals surface area contributed by atoms with Crippen LogP contribution < -0.4 is 15.2 Å². The van der Waals surface area contributed by atoms with E-state index in [1.165, 1.54) is 25.3 Å². The van der Waals surface area contributed by atoms with Crippen molar-refractivity contribution in [3.63, 3.8) is 0 Å². The van der Waals surface area contributed by atoms with Crippen molar-refractivity contribution in [3.05, 3.63) is 18.2 Å². The highest BCUT2D eigenvalue weighted by molar-refractivity contribution is 7.89. The number of benzene rings is 1. The molecule has 6 nitrogen and oxygen atoms in total. The molecule has 0 amide bonds. The highest BCUT2D eigenvalue weighted by Gasteiger charge is 2.20. The van der Waals surface area contributed by atoms with Crippen LogP contribution in [0.5, 0.6) is 5.75 Å². The van der Waals surface area contributed by atoms with Gasteiger partial charge in [-0.15, -0.1) is 0 Å². The summed E-state index contributed by atoms with van der Waals surface area (Å²) >= 11 is 0. The number of nitrogen functional groups attached to an aromatic ring is 1. The van der Waals surface area contributed by atoms with Gasteiger partial charge in [0.05, 0.1) is 7.11 Å². The number of methoxy groups -OCH3 is 1. The van der Waals surface area contributed by atoms with Crippen LogP contribution in [0.3, 0.4) is 0 Å². The second kappa shape index (κ2) is 7.47. The van der Waals surface area contributed by atoms with Gasteiger partial charge >= 0.3 is 0 Å². The Morgan fingerprint density at radius 3 is 2.70 bits per heavy atom. The van der Waals surface area contributed by atoms with E-state index in [0.717, 1.165) is 6.42 Å². The Kier molecular flexibility index (Phi) is 6.25. The van der Waals surface area contributed by atoms with Gasteiger partial charge < -0.3 is 15.6 Å². The average molecular weight is 302 g/mol. The second-order valence-electron chi connectivity index (χ2n) is 4.55. The van der Waals surface area contributed by atoms with Crippen molar-refractivity contribution in [3.8, 4) is 5.75 Å². The van der Waals surface area contributed by atoms with Crippen molar-refractivity contribution in [1.82, 2.24) is 4.72 Å². The summed E-state index contributed by atoms with van der Waals surface area (Å²) in [5.74, 6) is 0.322. The van der Waals surface area contributed by atoms with E-state index in [4.69, 9.17) is 15.6 Å². The molecule has 1 atom stereocenters. The third-order valence-corrected chi connectivity index (χ3v) is 4.62. The zero-order valence-electron chi connectivity index (χ0n) is 11.8. The predicted molar refractivity (Wildman–Crippen MR) is 78.1 cm³/mol. The van der Waals surface area contributed by atoms with E-state index in [1.54, 1.807) is 0 Å². The maximum Gasteiger partial charge on any atom is 0.244 e. The van der Waals surface area contributed by atoms with Crippen LogP contribution in [0, 0.1) is 5.92 Å². The summed E-state index contributed by atoms with van der Waals surface area (Å²) in [6.07, 6.45) is 1.36. The van der Waals surface area contributed by atoms with Crippen molar-refractivity contribution < 1.29 is 18.3 Å². The van der Waals surface area contributed by atoms with E-state index < -0.39 is 10.0 Å². The number of sulfonamides is 1. The van der Waals surface area contributed by atoms with Crippen LogP contribution in [0.4, 0.5) is 5.69 Å². The first kappa shape index (κ1) is 16.7. The van der Waals surface area contributed by atoms with E-state index in [0.29, 0.717) is 12.1 Å². The molecule has 20 heavy (non-hydrogen) atoms. The lowest BCUT2D eigenvalue weighted by molar-refractivity contribution is 0.254. The summed E-state index contributed by atoms with van der Waals surface area (Å²) in [6, 6.07) is 4.41. The van der Waals surface area contributed by atoms with Gasteiger partial charge in [-0.2, -0.15) is 0 Å². The summed E-state index contributed by atoms with van der Waals surface area (Å²) in [4.78, 5) is 0.0630. The van der Waals surface area contributed by atoms with Gasteiger partial charge in [0, 0.05) is 24.9 Å². The zero-order chi connectivity index (χ0) is 15.2. The Morgan fingerprint density at radius 1 is 1.45 bits per heavy atom. The molecule has 0 aliphatic heterocycles. The van der Waals surface area contributed by atoms with E-state index in [1.807, 2.05) is 6.92 Å². The van der Waals surface area contributed by atoms with Crippen LogP contribution in [0.2, 0.25) is 0 Å². The van der Waals surface area contributed by atoms with Gasteiger partial charge in [-0.25, -0.2) is 13.1 Å². The molecule has 1 aromatic rings. The van der Waals surface area contributed by atoms with Crippen LogP contribution in [0.25, 0.3) is 0 Å². The molecule has 1 aromatic carbocycles. The fourth-order valence-electron chi connectivity index (χ4n) is 1.84. The number of ether oxygens (including phenoxy) is 1. The lowest BCUT2D eigenvalue weighted by atomic mass is 10.0. The minimum atomic E-state index is -3.66. The number of aliphatic hydroxyl groups is 1. The highest BCUT2D eigenvalue weighted by Crippen LogP contribution is 2.26. The fourth-order valence-corrected chi connectivity index (χ4v) is 3.11. The maximum atomic E-state index is 12.3. The number of hydrogen-bond donors (Lipinski definition) is 3. The SMILES string of the molecule is CCC(CCO)CNS(=O)(=O)c1ccc(N)cc1OC. The molecule has 0 aromatic heterocycles. The summed E-state index contributed by atoms with van der Waals surface area (Å²) < 4.78 is 32.1. The molecule has 1 rings (SSSR count). The van der Waals surface area contributed by atoms with Gasteiger partial charge in [0.25, 0.3) is 0 Å². The molecule has 0 aliphatic carbocycles. The normalized spacial score (nSPS) is 13.2. The van der Waals surface area contributed by atoms with Crippen LogP contribution in [0.15, 0.2) is 23.1 Å². The van der Waals surface area contributed by atoms with E-state index in [2.05, 4.69) is 4.72 Å². The third kappa shape index (κ3) is 4.36. The Labute approximate surface area is 120 Å². The highest BCUT2D eigenvalue weighted by atomic mass is 32.2. The van der Waals surface area contributed by atoms with E-state index >= 15 is 0 Å². The minimum Gasteiger partial charge on any atom is -0.495 e. The van der Waals surface area contributed by atoms with Crippen LogP contribution in [-0.4, -0.2) is 33.8 Å². The largest absolute Gasteiger partial charge is 0.495 e. The molecule has 0 saturated heterocycles.